The zero-order valence-electron chi connectivity index (χ0n) is 23.0. The quantitative estimate of drug-likeness (QED) is 0.300. The minimum atomic E-state index is -0.426. The third-order valence-electron chi connectivity index (χ3n) is 5.79. The fraction of sp³-hybridized carbons (Fsp3) is 0.640. The Morgan fingerprint density at radius 1 is 0.921 bits per heavy atom. The summed E-state index contributed by atoms with van der Waals surface area (Å²) < 4.78 is 5.14. The lowest BCUT2D eigenvalue weighted by Crippen LogP contribution is -2.38. The van der Waals surface area contributed by atoms with E-state index in [-0.39, 0.29) is 23.5 Å². The van der Waals surface area contributed by atoms with Gasteiger partial charge in [-0.05, 0) is 83.0 Å². The predicted molar refractivity (Wildman–Crippen MR) is 152 cm³/mol. The number of nitrogens with zero attached hydrogens (tertiary/aromatic N) is 4. The Hall–Kier alpha value is -2.96. The molecule has 1 amide bonds. The van der Waals surface area contributed by atoms with Gasteiger partial charge in [0.1, 0.15) is 17.2 Å². The highest BCUT2D eigenvalue weighted by Gasteiger charge is 2.25. The fourth-order valence-corrected chi connectivity index (χ4v) is 4.14. The van der Waals surface area contributed by atoms with Crippen LogP contribution in [0.3, 0.4) is 0 Å². The molecule has 38 heavy (non-hydrogen) atoms. The maximum absolute atomic E-state index is 11.3. The van der Waals surface area contributed by atoms with E-state index in [0.29, 0.717) is 18.0 Å². The molecule has 2 fully saturated rings. The van der Waals surface area contributed by atoms with Gasteiger partial charge in [0, 0.05) is 50.7 Å². The van der Waals surface area contributed by atoms with Crippen LogP contribution in [0.1, 0.15) is 59.3 Å². The summed E-state index contributed by atoms with van der Waals surface area (Å²) in [7, 11) is 3.62. The number of alkyl carbamates (subject to hydrolysis) is 1. The molecule has 13 heteroatoms. The molecule has 2 heterocycles. The van der Waals surface area contributed by atoms with E-state index in [1.165, 1.54) is 0 Å². The van der Waals surface area contributed by atoms with E-state index in [9.17, 15) is 4.79 Å². The summed E-state index contributed by atoms with van der Waals surface area (Å²) in [6.07, 6.45) is 9.01. The van der Waals surface area contributed by atoms with Crippen LogP contribution in [0.15, 0.2) is 24.5 Å². The average molecular weight is 551 g/mol. The fourth-order valence-electron chi connectivity index (χ4n) is 3.99. The van der Waals surface area contributed by atoms with Crippen LogP contribution in [0, 0.1) is 0 Å². The zero-order valence-corrected chi connectivity index (χ0v) is 23.8. The number of hydrogen-bond donors (Lipinski definition) is 6. The molecule has 2 saturated carbocycles. The molecule has 2 aromatic rings. The first-order valence-corrected chi connectivity index (χ1v) is 13.3. The largest absolute Gasteiger partial charge is 0.444 e. The summed E-state index contributed by atoms with van der Waals surface area (Å²) in [5.74, 6) is 2.24. The number of anilines is 3. The van der Waals surface area contributed by atoms with Gasteiger partial charge in [0.15, 0.2) is 0 Å². The van der Waals surface area contributed by atoms with E-state index in [2.05, 4.69) is 41.2 Å². The molecule has 0 saturated heterocycles. The first kappa shape index (κ1) is 31.3. The third kappa shape index (κ3) is 12.5. The molecular formula is C25H43ClN10O2. The molecular weight excluding hydrogens is 508 g/mol. The van der Waals surface area contributed by atoms with Crippen molar-refractivity contribution in [2.75, 3.05) is 30.0 Å². The second kappa shape index (κ2) is 15.5. The highest BCUT2D eigenvalue weighted by Crippen LogP contribution is 2.20. The molecule has 4 rings (SSSR count). The van der Waals surface area contributed by atoms with Gasteiger partial charge in [-0.15, -0.1) is 0 Å². The summed E-state index contributed by atoms with van der Waals surface area (Å²) in [5.41, 5.74) is 11.2. The predicted octanol–water partition coefficient (Wildman–Crippen LogP) is 3.37. The van der Waals surface area contributed by atoms with Crippen molar-refractivity contribution in [3.05, 3.63) is 29.8 Å². The van der Waals surface area contributed by atoms with Crippen molar-refractivity contribution < 1.29 is 9.53 Å². The van der Waals surface area contributed by atoms with E-state index < -0.39 is 5.60 Å². The minimum Gasteiger partial charge on any atom is -0.444 e. The summed E-state index contributed by atoms with van der Waals surface area (Å²) in [6, 6.07) is 4.76. The number of ether oxygens (including phenoxy) is 1. The van der Waals surface area contributed by atoms with E-state index in [4.69, 9.17) is 27.8 Å². The van der Waals surface area contributed by atoms with Crippen LogP contribution in [0.4, 0.5) is 22.4 Å². The van der Waals surface area contributed by atoms with Gasteiger partial charge in [-0.3, -0.25) is 0 Å². The van der Waals surface area contributed by atoms with Crippen molar-refractivity contribution in [2.24, 2.45) is 11.5 Å². The monoisotopic (exact) mass is 550 g/mol. The molecule has 212 valence electrons. The van der Waals surface area contributed by atoms with Gasteiger partial charge in [0.05, 0.1) is 0 Å². The van der Waals surface area contributed by atoms with Gasteiger partial charge in [-0.2, -0.15) is 4.98 Å². The van der Waals surface area contributed by atoms with Crippen molar-refractivity contribution in [3.8, 4) is 0 Å². The van der Waals surface area contributed by atoms with E-state index in [0.717, 1.165) is 50.2 Å². The van der Waals surface area contributed by atoms with Crippen LogP contribution in [0.5, 0.6) is 0 Å². The Kier molecular flexibility index (Phi) is 12.7. The van der Waals surface area contributed by atoms with Crippen molar-refractivity contribution in [3.63, 3.8) is 0 Å². The molecule has 8 N–H and O–H groups in total. The van der Waals surface area contributed by atoms with Crippen molar-refractivity contribution in [1.29, 1.82) is 0 Å². The van der Waals surface area contributed by atoms with E-state index in [1.807, 2.05) is 33.9 Å². The molecule has 2 aliphatic carbocycles. The summed E-state index contributed by atoms with van der Waals surface area (Å²) in [4.78, 5) is 27.4. The minimum absolute atomic E-state index is 0.194. The Labute approximate surface area is 230 Å². The van der Waals surface area contributed by atoms with Crippen LogP contribution >= 0.6 is 11.6 Å². The summed E-state index contributed by atoms with van der Waals surface area (Å²) >= 11 is 5.46. The molecule has 0 radical (unpaired) electrons. The summed E-state index contributed by atoms with van der Waals surface area (Å²) in [5, 5.41) is 12.2. The number of carbonyl (C=O) groups is 1. The number of amides is 1. The SMILES string of the molecule is CC(C)(C)OC(=O)N[C@H]1CC[C@@H](N)C1.CNc1ccnc(Cl)n1.CNc1ccnc(N[C@@H]2CC[C@H](N)C2)n1. The first-order valence-electron chi connectivity index (χ1n) is 12.9. The number of nitrogens with one attached hydrogen (secondary N) is 4. The maximum Gasteiger partial charge on any atom is 0.407 e. The highest BCUT2D eigenvalue weighted by atomic mass is 35.5. The Bertz CT molecular complexity index is 991. The molecule has 4 atom stereocenters. The molecule has 0 spiro atoms. The second-order valence-corrected chi connectivity index (χ2v) is 10.6. The maximum atomic E-state index is 11.3. The van der Waals surface area contributed by atoms with Gasteiger partial charge in [0.25, 0.3) is 0 Å². The molecule has 12 nitrogen and oxygen atoms in total. The van der Waals surface area contributed by atoms with Gasteiger partial charge in [-0.1, -0.05) is 0 Å². The molecule has 0 bridgehead atoms. The van der Waals surface area contributed by atoms with E-state index in [1.54, 1.807) is 25.5 Å². The standard InChI is InChI=1S/C10H17N5.C10H20N2O2.C5H6ClN3/c1-12-9-4-5-13-10(15-9)14-8-3-2-7(11)6-8;1-10(2,3)14-9(13)12-8-5-4-7(11)6-8;1-7-4-2-3-8-5(6)9-4/h4-5,7-8H,2-3,6,11H2,1H3,(H2,12,13,14,15);7-8H,4-6,11H2,1-3H3,(H,12,13);2-3H,1H3,(H,7,8,9)/t2*7-,8+;/m01./s1. The molecule has 2 aromatic heterocycles. The van der Waals surface area contributed by atoms with Crippen molar-refractivity contribution >= 4 is 35.3 Å². The van der Waals surface area contributed by atoms with Gasteiger partial charge < -0.3 is 37.5 Å². The number of nitrogens with two attached hydrogens (primary N) is 2. The number of aromatic nitrogens is 4. The van der Waals surface area contributed by atoms with E-state index >= 15 is 0 Å². The number of rotatable bonds is 5. The topological polar surface area (TPSA) is 178 Å². The number of carbonyl (C=O) groups excluding carboxylic acids is 1. The van der Waals surface area contributed by atoms with Gasteiger partial charge in [-0.25, -0.2) is 19.7 Å². The van der Waals surface area contributed by atoms with Gasteiger partial charge in [0.2, 0.25) is 11.2 Å². The van der Waals surface area contributed by atoms with Crippen LogP contribution in [-0.2, 0) is 4.74 Å². The molecule has 0 unspecified atom stereocenters. The lowest BCUT2D eigenvalue weighted by molar-refractivity contribution is 0.0505. The van der Waals surface area contributed by atoms with Crippen LogP contribution in [0.2, 0.25) is 5.28 Å². The van der Waals surface area contributed by atoms with Crippen LogP contribution in [-0.4, -0.2) is 69.9 Å². The summed E-state index contributed by atoms with van der Waals surface area (Å²) in [6.45, 7) is 5.56. The lowest BCUT2D eigenvalue weighted by Gasteiger charge is -2.21. The smallest absolute Gasteiger partial charge is 0.407 e. The number of hydrogen-bond acceptors (Lipinski definition) is 11. The van der Waals surface area contributed by atoms with Crippen LogP contribution < -0.4 is 32.7 Å². The third-order valence-corrected chi connectivity index (χ3v) is 5.98. The van der Waals surface area contributed by atoms with Crippen molar-refractivity contribution in [2.45, 2.75) is 89.1 Å². The normalized spacial score (nSPS) is 22.2. The average Bonchev–Trinajstić information content (AvgIpc) is 3.45. The van der Waals surface area contributed by atoms with Crippen molar-refractivity contribution in [1.82, 2.24) is 25.3 Å². The molecule has 0 aromatic carbocycles. The molecule has 2 aliphatic rings. The Balaban J connectivity index is 0.000000207. The lowest BCUT2D eigenvalue weighted by atomic mass is 10.2. The highest BCUT2D eigenvalue weighted by molar-refractivity contribution is 6.28. The first-order chi connectivity index (χ1) is 18.0. The van der Waals surface area contributed by atoms with Crippen LogP contribution in [0.25, 0.3) is 0 Å². The number of halogens is 1. The van der Waals surface area contributed by atoms with Gasteiger partial charge >= 0.3 is 6.09 Å². The Morgan fingerprint density at radius 2 is 1.47 bits per heavy atom. The zero-order chi connectivity index (χ0) is 28.1. The molecule has 0 aliphatic heterocycles. The Morgan fingerprint density at radius 3 is 1.95 bits per heavy atom. The second-order valence-electron chi connectivity index (χ2n) is 10.3.